The Hall–Kier alpha value is -2.41. The Morgan fingerprint density at radius 1 is 1.35 bits per heavy atom. The van der Waals surface area contributed by atoms with Crippen LogP contribution in [0.4, 0.5) is 9.18 Å². The minimum Gasteiger partial charge on any atom is -0.385 e. The van der Waals surface area contributed by atoms with E-state index in [9.17, 15) is 14.0 Å². The Morgan fingerprint density at radius 3 is 2.87 bits per heavy atom. The Kier molecular flexibility index (Phi) is 4.29. The minimum absolute atomic E-state index is 0.183. The number of benzene rings is 1. The molecule has 7 heteroatoms. The van der Waals surface area contributed by atoms with E-state index < -0.39 is 17.9 Å². The maximum absolute atomic E-state index is 14.1. The first-order valence-corrected chi connectivity index (χ1v) is 7.45. The quantitative estimate of drug-likeness (QED) is 0.804. The normalized spacial score (nSPS) is 20.4. The Labute approximate surface area is 133 Å². The van der Waals surface area contributed by atoms with Gasteiger partial charge in [0, 0.05) is 25.8 Å². The molecule has 1 aromatic rings. The molecule has 3 rings (SSSR count). The average Bonchev–Trinajstić information content (AvgIpc) is 2.83. The van der Waals surface area contributed by atoms with Crippen LogP contribution in [-0.2, 0) is 9.53 Å². The molecule has 0 spiro atoms. The van der Waals surface area contributed by atoms with Gasteiger partial charge in [-0.3, -0.25) is 4.79 Å². The number of rotatable bonds is 5. The number of carbonyl (C=O) groups excluding carboxylic acids is 2. The fourth-order valence-electron chi connectivity index (χ4n) is 2.95. The molecule has 23 heavy (non-hydrogen) atoms. The van der Waals surface area contributed by atoms with Gasteiger partial charge in [-0.25, -0.2) is 9.18 Å². The number of carbonyl (C=O) groups is 2. The maximum atomic E-state index is 14.1. The number of amides is 3. The minimum atomic E-state index is -0.764. The summed E-state index contributed by atoms with van der Waals surface area (Å²) < 4.78 is 19.1. The van der Waals surface area contributed by atoms with Gasteiger partial charge in [0.05, 0.1) is 23.9 Å². The van der Waals surface area contributed by atoms with Gasteiger partial charge in [0.15, 0.2) is 0 Å². The summed E-state index contributed by atoms with van der Waals surface area (Å²) in [6.45, 7) is 1.41. The second-order valence-corrected chi connectivity index (χ2v) is 5.52. The second kappa shape index (κ2) is 6.37. The van der Waals surface area contributed by atoms with Crippen molar-refractivity contribution >= 4 is 11.9 Å². The van der Waals surface area contributed by atoms with Crippen LogP contribution in [-0.4, -0.2) is 43.6 Å². The zero-order valence-corrected chi connectivity index (χ0v) is 12.8. The van der Waals surface area contributed by atoms with Gasteiger partial charge in [-0.05, 0) is 12.5 Å². The highest BCUT2D eigenvalue weighted by atomic mass is 19.1. The molecule has 2 aliphatic heterocycles. The molecular formula is C16H18FN3O3. The third kappa shape index (κ3) is 2.92. The van der Waals surface area contributed by atoms with Crippen molar-refractivity contribution in [3.8, 4) is 0 Å². The van der Waals surface area contributed by atoms with E-state index in [1.165, 1.54) is 6.07 Å². The van der Waals surface area contributed by atoms with Crippen molar-refractivity contribution in [2.45, 2.75) is 12.5 Å². The van der Waals surface area contributed by atoms with Crippen LogP contribution in [0.5, 0.6) is 0 Å². The molecule has 0 aliphatic carbocycles. The molecule has 0 radical (unpaired) electrons. The van der Waals surface area contributed by atoms with Crippen molar-refractivity contribution in [3.05, 3.63) is 46.9 Å². The van der Waals surface area contributed by atoms with Crippen molar-refractivity contribution in [1.82, 2.24) is 15.5 Å². The first-order chi connectivity index (χ1) is 11.1. The summed E-state index contributed by atoms with van der Waals surface area (Å²) in [6, 6.07) is 4.97. The summed E-state index contributed by atoms with van der Waals surface area (Å²) in [5.41, 5.74) is 1.25. The Bertz CT molecular complexity index is 674. The lowest BCUT2D eigenvalue weighted by Gasteiger charge is -2.25. The number of nitrogens with zero attached hydrogens (tertiary/aromatic N) is 1. The van der Waals surface area contributed by atoms with Gasteiger partial charge in [0.1, 0.15) is 5.82 Å². The predicted molar refractivity (Wildman–Crippen MR) is 80.9 cm³/mol. The average molecular weight is 319 g/mol. The zero-order chi connectivity index (χ0) is 16.4. The van der Waals surface area contributed by atoms with E-state index in [1.54, 1.807) is 30.2 Å². The highest BCUT2D eigenvalue weighted by Gasteiger charge is 2.40. The van der Waals surface area contributed by atoms with Crippen LogP contribution >= 0.6 is 0 Å². The number of halogens is 1. The molecule has 122 valence electrons. The molecule has 3 amide bonds. The largest absolute Gasteiger partial charge is 0.385 e. The van der Waals surface area contributed by atoms with Crippen molar-refractivity contribution in [2.75, 3.05) is 26.8 Å². The van der Waals surface area contributed by atoms with Crippen LogP contribution < -0.4 is 10.6 Å². The van der Waals surface area contributed by atoms with Gasteiger partial charge in [-0.1, -0.05) is 18.2 Å². The van der Waals surface area contributed by atoms with Crippen LogP contribution in [0, 0.1) is 5.82 Å². The molecule has 0 fully saturated rings. The van der Waals surface area contributed by atoms with E-state index in [0.29, 0.717) is 43.0 Å². The standard InChI is InChI=1S/C16H18FN3O3/c1-23-8-4-7-20-9-12-13(15(20)21)14(19-16(22)18-12)10-5-2-3-6-11(10)17/h2-3,5-6,14H,4,7-9H2,1H3,(H2,18,19,22)/t14-/m0/s1. The van der Waals surface area contributed by atoms with Crippen LogP contribution in [0.1, 0.15) is 18.0 Å². The molecule has 2 heterocycles. The fraction of sp³-hybridized carbons (Fsp3) is 0.375. The third-order valence-corrected chi connectivity index (χ3v) is 4.01. The lowest BCUT2D eigenvalue weighted by molar-refractivity contribution is -0.125. The summed E-state index contributed by atoms with van der Waals surface area (Å²) in [5.74, 6) is -0.631. The molecule has 0 bridgehead atoms. The molecule has 1 aromatic carbocycles. The first kappa shape index (κ1) is 15.5. The summed E-state index contributed by atoms with van der Waals surface area (Å²) in [5, 5.41) is 5.30. The third-order valence-electron chi connectivity index (χ3n) is 4.01. The molecule has 0 saturated carbocycles. The summed E-state index contributed by atoms with van der Waals surface area (Å²) in [4.78, 5) is 26.1. The number of ether oxygens (including phenoxy) is 1. The van der Waals surface area contributed by atoms with Crippen molar-refractivity contribution in [3.63, 3.8) is 0 Å². The van der Waals surface area contributed by atoms with E-state index in [4.69, 9.17) is 4.74 Å². The van der Waals surface area contributed by atoms with Gasteiger partial charge < -0.3 is 20.3 Å². The molecule has 0 unspecified atom stereocenters. The van der Waals surface area contributed by atoms with Gasteiger partial charge in [0.2, 0.25) is 0 Å². The van der Waals surface area contributed by atoms with Gasteiger partial charge in [-0.2, -0.15) is 0 Å². The number of hydrogen-bond donors (Lipinski definition) is 2. The first-order valence-electron chi connectivity index (χ1n) is 7.45. The van der Waals surface area contributed by atoms with Gasteiger partial charge in [0.25, 0.3) is 5.91 Å². The van der Waals surface area contributed by atoms with Crippen LogP contribution in [0.2, 0.25) is 0 Å². The molecule has 2 N–H and O–H groups in total. The Balaban J connectivity index is 1.88. The van der Waals surface area contributed by atoms with Crippen molar-refractivity contribution < 1.29 is 18.7 Å². The van der Waals surface area contributed by atoms with Crippen molar-refractivity contribution in [2.24, 2.45) is 0 Å². The van der Waals surface area contributed by atoms with E-state index in [2.05, 4.69) is 10.6 Å². The van der Waals surface area contributed by atoms with Crippen LogP contribution in [0.3, 0.4) is 0 Å². The van der Waals surface area contributed by atoms with Gasteiger partial charge in [-0.15, -0.1) is 0 Å². The monoisotopic (exact) mass is 319 g/mol. The highest BCUT2D eigenvalue weighted by Crippen LogP contribution is 2.33. The molecule has 0 aromatic heterocycles. The predicted octanol–water partition coefficient (Wildman–Crippen LogP) is 1.31. The van der Waals surface area contributed by atoms with E-state index >= 15 is 0 Å². The maximum Gasteiger partial charge on any atom is 0.319 e. The number of nitrogens with one attached hydrogen (secondary N) is 2. The summed E-state index contributed by atoms with van der Waals surface area (Å²) in [6.07, 6.45) is 0.703. The summed E-state index contributed by atoms with van der Waals surface area (Å²) in [7, 11) is 1.60. The molecule has 0 saturated heterocycles. The van der Waals surface area contributed by atoms with E-state index in [0.717, 1.165) is 0 Å². The number of hydrogen-bond acceptors (Lipinski definition) is 3. The highest BCUT2D eigenvalue weighted by molar-refractivity contribution is 6.01. The van der Waals surface area contributed by atoms with Crippen LogP contribution in [0.25, 0.3) is 0 Å². The number of methoxy groups -OCH3 is 1. The fourth-order valence-corrected chi connectivity index (χ4v) is 2.95. The van der Waals surface area contributed by atoms with E-state index in [1.807, 2.05) is 0 Å². The number of urea groups is 1. The lowest BCUT2D eigenvalue weighted by Crippen LogP contribution is -2.44. The van der Waals surface area contributed by atoms with E-state index in [-0.39, 0.29) is 5.91 Å². The molecule has 1 atom stereocenters. The van der Waals surface area contributed by atoms with Crippen LogP contribution in [0.15, 0.2) is 35.5 Å². The SMILES string of the molecule is COCCCN1CC2=C(C1=O)[C@H](c1ccccc1F)NC(=O)N2. The zero-order valence-electron chi connectivity index (χ0n) is 12.8. The molecule has 2 aliphatic rings. The summed E-state index contributed by atoms with van der Waals surface area (Å²) >= 11 is 0. The second-order valence-electron chi connectivity index (χ2n) is 5.52. The topological polar surface area (TPSA) is 70.7 Å². The Morgan fingerprint density at radius 2 is 2.13 bits per heavy atom. The van der Waals surface area contributed by atoms with Crippen molar-refractivity contribution in [1.29, 1.82) is 0 Å². The molecule has 6 nitrogen and oxygen atoms in total. The smallest absolute Gasteiger partial charge is 0.319 e. The van der Waals surface area contributed by atoms with Gasteiger partial charge >= 0.3 is 6.03 Å². The molecular weight excluding hydrogens is 301 g/mol. The lowest BCUT2D eigenvalue weighted by atomic mass is 9.96.